The van der Waals surface area contributed by atoms with Crippen LogP contribution in [-0.2, 0) is 12.8 Å². The second kappa shape index (κ2) is 5.39. The molecule has 1 aliphatic carbocycles. The quantitative estimate of drug-likeness (QED) is 0.757. The molecule has 2 N–H and O–H groups in total. The third kappa shape index (κ3) is 2.42. The van der Waals surface area contributed by atoms with E-state index in [9.17, 15) is 4.79 Å². The van der Waals surface area contributed by atoms with E-state index in [1.54, 1.807) is 0 Å². The molecule has 0 spiro atoms. The number of carbonyl (C=O) groups is 1. The predicted octanol–water partition coefficient (Wildman–Crippen LogP) is 3.74. The molecule has 23 heavy (non-hydrogen) atoms. The van der Waals surface area contributed by atoms with Crippen molar-refractivity contribution in [1.82, 2.24) is 10.2 Å². The van der Waals surface area contributed by atoms with Crippen molar-refractivity contribution in [3.63, 3.8) is 0 Å². The molecule has 1 amide bonds. The van der Waals surface area contributed by atoms with Gasteiger partial charge in [0.25, 0.3) is 5.91 Å². The number of aromatic nitrogens is 2. The van der Waals surface area contributed by atoms with E-state index in [0.717, 1.165) is 40.9 Å². The van der Waals surface area contributed by atoms with Crippen LogP contribution in [0.15, 0.2) is 48.5 Å². The van der Waals surface area contributed by atoms with Crippen LogP contribution in [0.5, 0.6) is 0 Å². The molecule has 1 aliphatic rings. The summed E-state index contributed by atoms with van der Waals surface area (Å²) in [4.78, 5) is 12.6. The van der Waals surface area contributed by atoms with Crippen LogP contribution in [0.3, 0.4) is 0 Å². The van der Waals surface area contributed by atoms with Gasteiger partial charge in [0.1, 0.15) is 5.69 Å². The zero-order valence-corrected chi connectivity index (χ0v) is 12.9. The highest BCUT2D eigenvalue weighted by molar-refractivity contribution is 6.05. The Morgan fingerprint density at radius 3 is 2.87 bits per heavy atom. The number of rotatable bonds is 2. The normalized spacial score (nSPS) is 12.4. The molecule has 0 atom stereocenters. The fraction of sp³-hybridized carbons (Fsp3) is 0.158. The van der Waals surface area contributed by atoms with Gasteiger partial charge in [-0.1, -0.05) is 36.4 Å². The Morgan fingerprint density at radius 2 is 2.00 bits per heavy atom. The van der Waals surface area contributed by atoms with Crippen molar-refractivity contribution >= 4 is 11.6 Å². The minimum Gasteiger partial charge on any atom is -0.321 e. The fourth-order valence-corrected chi connectivity index (χ4v) is 3.16. The number of H-pyrrole nitrogens is 1. The zero-order chi connectivity index (χ0) is 15.8. The van der Waals surface area contributed by atoms with E-state index in [1.165, 1.54) is 5.56 Å². The van der Waals surface area contributed by atoms with E-state index in [4.69, 9.17) is 0 Å². The van der Waals surface area contributed by atoms with Crippen molar-refractivity contribution in [3.8, 4) is 11.3 Å². The molecular formula is C19H17N3O. The average molecular weight is 303 g/mol. The van der Waals surface area contributed by atoms with Crippen molar-refractivity contribution in [3.05, 3.63) is 70.9 Å². The Kier molecular flexibility index (Phi) is 3.23. The molecule has 114 valence electrons. The van der Waals surface area contributed by atoms with Crippen molar-refractivity contribution in [1.29, 1.82) is 0 Å². The minimum absolute atomic E-state index is 0.135. The van der Waals surface area contributed by atoms with E-state index in [-0.39, 0.29) is 5.91 Å². The molecule has 0 unspecified atom stereocenters. The third-order valence-electron chi connectivity index (χ3n) is 4.29. The smallest absolute Gasteiger partial charge is 0.273 e. The SMILES string of the molecule is Cc1cccc(NC(=O)c2[nH]nc3c2CCc2ccccc2-3)c1. The number of hydrogen-bond donors (Lipinski definition) is 2. The lowest BCUT2D eigenvalue weighted by Crippen LogP contribution is -2.15. The predicted molar refractivity (Wildman–Crippen MR) is 90.6 cm³/mol. The van der Waals surface area contributed by atoms with Crippen LogP contribution in [0.2, 0.25) is 0 Å². The maximum Gasteiger partial charge on any atom is 0.273 e. The van der Waals surface area contributed by atoms with Crippen LogP contribution in [0, 0.1) is 6.92 Å². The average Bonchev–Trinajstić information content (AvgIpc) is 2.99. The highest BCUT2D eigenvalue weighted by Gasteiger charge is 2.24. The first-order valence-electron chi connectivity index (χ1n) is 7.76. The molecule has 0 aliphatic heterocycles. The first kappa shape index (κ1) is 13.8. The molecule has 4 nitrogen and oxygen atoms in total. The first-order valence-corrected chi connectivity index (χ1v) is 7.76. The van der Waals surface area contributed by atoms with E-state index < -0.39 is 0 Å². The largest absolute Gasteiger partial charge is 0.321 e. The summed E-state index contributed by atoms with van der Waals surface area (Å²) >= 11 is 0. The molecular weight excluding hydrogens is 286 g/mol. The van der Waals surface area contributed by atoms with E-state index >= 15 is 0 Å². The Labute approximate surface area is 134 Å². The molecule has 2 aromatic carbocycles. The highest BCUT2D eigenvalue weighted by Crippen LogP contribution is 2.33. The lowest BCUT2D eigenvalue weighted by molar-refractivity contribution is 0.102. The molecule has 3 aromatic rings. The Morgan fingerprint density at radius 1 is 1.13 bits per heavy atom. The minimum atomic E-state index is -0.135. The summed E-state index contributed by atoms with van der Waals surface area (Å²) in [6.45, 7) is 2.00. The number of hydrogen-bond acceptors (Lipinski definition) is 2. The van der Waals surface area contributed by atoms with Gasteiger partial charge in [-0.15, -0.1) is 0 Å². The number of nitrogens with one attached hydrogen (secondary N) is 2. The number of aryl methyl sites for hydroxylation is 2. The number of nitrogens with zero attached hydrogens (tertiary/aromatic N) is 1. The number of anilines is 1. The van der Waals surface area contributed by atoms with Gasteiger partial charge in [0.2, 0.25) is 0 Å². The maximum absolute atomic E-state index is 12.6. The second-order valence-corrected chi connectivity index (χ2v) is 5.91. The molecule has 4 rings (SSSR count). The summed E-state index contributed by atoms with van der Waals surface area (Å²) in [7, 11) is 0. The highest BCUT2D eigenvalue weighted by atomic mass is 16.1. The molecule has 0 fully saturated rings. The number of amides is 1. The van der Waals surface area contributed by atoms with Crippen molar-refractivity contribution in [2.24, 2.45) is 0 Å². The number of fused-ring (bicyclic) bond motifs is 3. The van der Waals surface area contributed by atoms with Gasteiger partial charge >= 0.3 is 0 Å². The Hall–Kier alpha value is -2.88. The van der Waals surface area contributed by atoms with Gasteiger partial charge in [-0.25, -0.2) is 0 Å². The number of aromatic amines is 1. The monoisotopic (exact) mass is 303 g/mol. The van der Waals surface area contributed by atoms with Crippen molar-refractivity contribution in [2.75, 3.05) is 5.32 Å². The van der Waals surface area contributed by atoms with Gasteiger partial charge in [0.05, 0.1) is 5.69 Å². The molecule has 0 bridgehead atoms. The van der Waals surface area contributed by atoms with Crippen LogP contribution in [-0.4, -0.2) is 16.1 Å². The molecule has 1 heterocycles. The van der Waals surface area contributed by atoms with Gasteiger partial charge in [-0.3, -0.25) is 9.89 Å². The van der Waals surface area contributed by atoms with E-state index in [0.29, 0.717) is 5.69 Å². The van der Waals surface area contributed by atoms with Crippen molar-refractivity contribution in [2.45, 2.75) is 19.8 Å². The molecule has 0 radical (unpaired) electrons. The summed E-state index contributed by atoms with van der Waals surface area (Å²) in [6.07, 6.45) is 1.77. The third-order valence-corrected chi connectivity index (χ3v) is 4.29. The van der Waals surface area contributed by atoms with Gasteiger partial charge < -0.3 is 5.32 Å². The lowest BCUT2D eigenvalue weighted by atomic mass is 9.89. The Balaban J connectivity index is 1.67. The van der Waals surface area contributed by atoms with Crippen LogP contribution >= 0.6 is 0 Å². The molecule has 1 aromatic heterocycles. The summed E-state index contributed by atoms with van der Waals surface area (Å²) < 4.78 is 0. The molecule has 0 saturated heterocycles. The fourth-order valence-electron chi connectivity index (χ4n) is 3.16. The van der Waals surface area contributed by atoms with Crippen LogP contribution in [0.4, 0.5) is 5.69 Å². The maximum atomic E-state index is 12.6. The van der Waals surface area contributed by atoms with Gasteiger partial charge in [-0.05, 0) is 43.0 Å². The van der Waals surface area contributed by atoms with Crippen LogP contribution < -0.4 is 5.32 Å². The number of benzene rings is 2. The van der Waals surface area contributed by atoms with E-state index in [2.05, 4.69) is 27.6 Å². The van der Waals surface area contributed by atoms with Crippen LogP contribution in [0.25, 0.3) is 11.3 Å². The van der Waals surface area contributed by atoms with Gasteiger partial charge in [-0.2, -0.15) is 5.10 Å². The summed E-state index contributed by atoms with van der Waals surface area (Å²) in [5, 5.41) is 10.3. The zero-order valence-electron chi connectivity index (χ0n) is 12.9. The Bertz CT molecular complexity index is 895. The standard InChI is InChI=1S/C19H17N3O/c1-12-5-4-7-14(11-12)20-19(23)18-16-10-9-13-6-2-3-8-15(13)17(16)21-22-18/h2-8,11H,9-10H2,1H3,(H,20,23)(H,21,22). The lowest BCUT2D eigenvalue weighted by Gasteiger charge is -2.15. The number of carbonyl (C=O) groups excluding carboxylic acids is 1. The first-order chi connectivity index (χ1) is 11.2. The topological polar surface area (TPSA) is 57.8 Å². The van der Waals surface area contributed by atoms with Gasteiger partial charge in [0, 0.05) is 16.8 Å². The summed E-state index contributed by atoms with van der Waals surface area (Å²) in [5.74, 6) is -0.135. The van der Waals surface area contributed by atoms with Crippen LogP contribution in [0.1, 0.15) is 27.2 Å². The summed E-state index contributed by atoms with van der Waals surface area (Å²) in [6, 6.07) is 16.0. The summed E-state index contributed by atoms with van der Waals surface area (Å²) in [5.41, 5.74) is 6.81. The molecule has 4 heteroatoms. The van der Waals surface area contributed by atoms with Crippen molar-refractivity contribution < 1.29 is 4.79 Å². The van der Waals surface area contributed by atoms with E-state index in [1.807, 2.05) is 43.3 Å². The van der Waals surface area contributed by atoms with Gasteiger partial charge in [0.15, 0.2) is 0 Å². The second-order valence-electron chi connectivity index (χ2n) is 5.91. The molecule has 0 saturated carbocycles.